The maximum atomic E-state index is 12.7. The van der Waals surface area contributed by atoms with Crippen molar-refractivity contribution in [3.05, 3.63) is 59.3 Å². The molecule has 19 heavy (non-hydrogen) atoms. The van der Waals surface area contributed by atoms with Crippen LogP contribution in [-0.2, 0) is 12.1 Å². The predicted molar refractivity (Wildman–Crippen MR) is 71.1 cm³/mol. The van der Waals surface area contributed by atoms with Crippen molar-refractivity contribution in [2.45, 2.75) is 26.0 Å². The fourth-order valence-electron chi connectivity index (χ4n) is 1.86. The van der Waals surface area contributed by atoms with Crippen LogP contribution in [0, 0.1) is 12.7 Å². The van der Waals surface area contributed by atoms with E-state index < -0.39 is 5.60 Å². The number of aliphatic hydroxyl groups is 1. The molecule has 2 aromatic rings. The van der Waals surface area contributed by atoms with Crippen molar-refractivity contribution in [3.63, 3.8) is 0 Å². The minimum Gasteiger partial charge on any atom is -0.463 e. The lowest BCUT2D eigenvalue weighted by Crippen LogP contribution is -2.34. The second-order valence-electron chi connectivity index (χ2n) is 4.91. The van der Waals surface area contributed by atoms with Gasteiger partial charge in [0.25, 0.3) is 0 Å². The van der Waals surface area contributed by atoms with Crippen molar-refractivity contribution in [3.8, 4) is 0 Å². The quantitative estimate of drug-likeness (QED) is 0.872. The van der Waals surface area contributed by atoms with Crippen LogP contribution < -0.4 is 5.32 Å². The number of furan rings is 1. The van der Waals surface area contributed by atoms with E-state index in [1.54, 1.807) is 25.1 Å². The second-order valence-corrected chi connectivity index (χ2v) is 4.91. The second kappa shape index (κ2) is 5.55. The molecule has 0 saturated heterocycles. The average molecular weight is 263 g/mol. The summed E-state index contributed by atoms with van der Waals surface area (Å²) in [5, 5.41) is 13.4. The number of hydrogen-bond acceptors (Lipinski definition) is 3. The van der Waals surface area contributed by atoms with E-state index in [4.69, 9.17) is 4.42 Å². The van der Waals surface area contributed by atoms with Gasteiger partial charge in [0, 0.05) is 13.1 Å². The lowest BCUT2D eigenvalue weighted by atomic mass is 10.0. The Morgan fingerprint density at radius 1 is 1.21 bits per heavy atom. The lowest BCUT2D eigenvalue weighted by Gasteiger charge is -2.21. The Hall–Kier alpha value is -1.65. The molecule has 0 saturated carbocycles. The van der Waals surface area contributed by atoms with Crippen LogP contribution in [0.4, 0.5) is 4.39 Å². The fourth-order valence-corrected chi connectivity index (χ4v) is 1.86. The van der Waals surface area contributed by atoms with Crippen molar-refractivity contribution in [1.29, 1.82) is 0 Å². The molecule has 0 amide bonds. The minimum atomic E-state index is -1.06. The molecule has 0 fully saturated rings. The molecular formula is C15H18FNO2. The van der Waals surface area contributed by atoms with Crippen molar-refractivity contribution >= 4 is 0 Å². The first-order valence-electron chi connectivity index (χ1n) is 6.22. The monoisotopic (exact) mass is 263 g/mol. The Balaban J connectivity index is 1.89. The standard InChI is InChI=1S/C15H18FNO2/c1-11-3-8-14(19-11)15(2,18)10-17-9-12-4-6-13(16)7-5-12/h3-8,17-18H,9-10H2,1-2H3. The summed E-state index contributed by atoms with van der Waals surface area (Å²) < 4.78 is 18.2. The highest BCUT2D eigenvalue weighted by atomic mass is 19.1. The first-order valence-corrected chi connectivity index (χ1v) is 6.22. The Labute approximate surface area is 112 Å². The van der Waals surface area contributed by atoms with Crippen molar-refractivity contribution in [2.24, 2.45) is 0 Å². The van der Waals surface area contributed by atoms with E-state index in [0.717, 1.165) is 11.3 Å². The molecule has 2 N–H and O–H groups in total. The van der Waals surface area contributed by atoms with Gasteiger partial charge in [-0.05, 0) is 43.7 Å². The van der Waals surface area contributed by atoms with E-state index in [0.29, 0.717) is 18.8 Å². The molecule has 0 spiro atoms. The van der Waals surface area contributed by atoms with E-state index in [2.05, 4.69) is 5.32 Å². The molecule has 0 aliphatic carbocycles. The van der Waals surface area contributed by atoms with Crippen LogP contribution in [0.15, 0.2) is 40.8 Å². The first-order chi connectivity index (χ1) is 8.97. The molecule has 4 heteroatoms. The topological polar surface area (TPSA) is 45.4 Å². The Kier molecular flexibility index (Phi) is 4.02. The molecule has 1 unspecified atom stereocenters. The van der Waals surface area contributed by atoms with E-state index in [-0.39, 0.29) is 5.82 Å². The van der Waals surface area contributed by atoms with E-state index in [1.165, 1.54) is 12.1 Å². The van der Waals surface area contributed by atoms with Crippen molar-refractivity contribution in [1.82, 2.24) is 5.32 Å². The molecule has 3 nitrogen and oxygen atoms in total. The van der Waals surface area contributed by atoms with Gasteiger partial charge in [-0.2, -0.15) is 0 Å². The zero-order chi connectivity index (χ0) is 13.9. The molecule has 0 bridgehead atoms. The molecule has 1 aromatic heterocycles. The summed E-state index contributed by atoms with van der Waals surface area (Å²) >= 11 is 0. The molecule has 0 aliphatic rings. The van der Waals surface area contributed by atoms with Gasteiger partial charge in [-0.3, -0.25) is 0 Å². The highest BCUT2D eigenvalue weighted by molar-refractivity contribution is 5.16. The largest absolute Gasteiger partial charge is 0.463 e. The third-order valence-electron chi connectivity index (χ3n) is 2.98. The first kappa shape index (κ1) is 13.8. The zero-order valence-electron chi connectivity index (χ0n) is 11.1. The maximum absolute atomic E-state index is 12.7. The molecule has 1 heterocycles. The SMILES string of the molecule is Cc1ccc(C(C)(O)CNCc2ccc(F)cc2)o1. The highest BCUT2D eigenvalue weighted by Crippen LogP contribution is 2.22. The van der Waals surface area contributed by atoms with Gasteiger partial charge in [0.15, 0.2) is 0 Å². The van der Waals surface area contributed by atoms with Gasteiger partial charge in [0.05, 0.1) is 0 Å². The Morgan fingerprint density at radius 3 is 2.47 bits per heavy atom. The smallest absolute Gasteiger partial charge is 0.136 e. The Morgan fingerprint density at radius 2 is 1.89 bits per heavy atom. The molecule has 0 radical (unpaired) electrons. The summed E-state index contributed by atoms with van der Waals surface area (Å²) in [6.45, 7) is 4.46. The summed E-state index contributed by atoms with van der Waals surface area (Å²) in [5.41, 5.74) is -0.0956. The summed E-state index contributed by atoms with van der Waals surface area (Å²) in [4.78, 5) is 0. The molecule has 0 aliphatic heterocycles. The maximum Gasteiger partial charge on any atom is 0.136 e. The van der Waals surface area contributed by atoms with Gasteiger partial charge in [0.2, 0.25) is 0 Å². The molecule has 2 rings (SSSR count). The number of rotatable bonds is 5. The van der Waals surface area contributed by atoms with Crippen LogP contribution in [-0.4, -0.2) is 11.7 Å². The minimum absolute atomic E-state index is 0.248. The molecule has 1 atom stereocenters. The average Bonchev–Trinajstić information content (AvgIpc) is 2.79. The third-order valence-corrected chi connectivity index (χ3v) is 2.98. The van der Waals surface area contributed by atoms with Gasteiger partial charge < -0.3 is 14.8 Å². The number of halogens is 1. The van der Waals surface area contributed by atoms with Crippen LogP contribution in [0.1, 0.15) is 24.0 Å². The normalized spacial score (nSPS) is 14.3. The molecular weight excluding hydrogens is 245 g/mol. The highest BCUT2D eigenvalue weighted by Gasteiger charge is 2.26. The van der Waals surface area contributed by atoms with Gasteiger partial charge >= 0.3 is 0 Å². The third kappa shape index (κ3) is 3.66. The van der Waals surface area contributed by atoms with E-state index >= 15 is 0 Å². The van der Waals surface area contributed by atoms with Crippen molar-refractivity contribution < 1.29 is 13.9 Å². The van der Waals surface area contributed by atoms with E-state index in [1.807, 2.05) is 13.0 Å². The summed E-state index contributed by atoms with van der Waals surface area (Å²) in [6.07, 6.45) is 0. The molecule has 102 valence electrons. The number of nitrogens with one attached hydrogen (secondary N) is 1. The van der Waals surface area contributed by atoms with Gasteiger partial charge in [0.1, 0.15) is 22.9 Å². The Bertz CT molecular complexity index is 531. The zero-order valence-corrected chi connectivity index (χ0v) is 11.1. The molecule has 1 aromatic carbocycles. The van der Waals surface area contributed by atoms with Crippen LogP contribution in [0.25, 0.3) is 0 Å². The van der Waals surface area contributed by atoms with Crippen LogP contribution in [0.3, 0.4) is 0 Å². The van der Waals surface area contributed by atoms with Gasteiger partial charge in [-0.25, -0.2) is 4.39 Å². The van der Waals surface area contributed by atoms with Crippen LogP contribution in [0.2, 0.25) is 0 Å². The summed E-state index contributed by atoms with van der Waals surface area (Å²) in [5.74, 6) is 1.06. The number of hydrogen-bond donors (Lipinski definition) is 2. The van der Waals surface area contributed by atoms with Crippen molar-refractivity contribution in [2.75, 3.05) is 6.54 Å². The number of aryl methyl sites for hydroxylation is 1. The van der Waals surface area contributed by atoms with E-state index in [9.17, 15) is 9.50 Å². The van der Waals surface area contributed by atoms with Gasteiger partial charge in [-0.15, -0.1) is 0 Å². The summed E-state index contributed by atoms with van der Waals surface area (Å²) in [7, 11) is 0. The lowest BCUT2D eigenvalue weighted by molar-refractivity contribution is 0.0333. The summed E-state index contributed by atoms with van der Waals surface area (Å²) in [6, 6.07) is 9.87. The van der Waals surface area contributed by atoms with Crippen LogP contribution >= 0.6 is 0 Å². The number of benzene rings is 1. The van der Waals surface area contributed by atoms with Crippen LogP contribution in [0.5, 0.6) is 0 Å². The predicted octanol–water partition coefficient (Wildman–Crippen LogP) is 2.72. The fraction of sp³-hybridized carbons (Fsp3) is 0.333. The van der Waals surface area contributed by atoms with Gasteiger partial charge in [-0.1, -0.05) is 12.1 Å².